The molecule has 3 heteroatoms. The molecule has 42 valence electrons. The summed E-state index contributed by atoms with van der Waals surface area (Å²) in [5, 5.41) is 0. The third-order valence-electron chi connectivity index (χ3n) is 0.844. The van der Waals surface area contributed by atoms with Crippen LogP contribution >= 0.6 is 0 Å². The van der Waals surface area contributed by atoms with Crippen molar-refractivity contribution in [3.8, 4) is 0 Å². The Hall–Kier alpha value is -0.0500. The van der Waals surface area contributed by atoms with E-state index in [2.05, 4.69) is 4.36 Å². The van der Waals surface area contributed by atoms with Crippen molar-refractivity contribution in [2.75, 3.05) is 6.26 Å². The monoisotopic (exact) mass is 118 g/mol. The van der Waals surface area contributed by atoms with Crippen LogP contribution in [0.2, 0.25) is 0 Å². The van der Waals surface area contributed by atoms with Gasteiger partial charge in [-0.1, -0.05) is 0 Å². The van der Waals surface area contributed by atoms with Gasteiger partial charge in [0, 0.05) is 6.04 Å². The summed E-state index contributed by atoms with van der Waals surface area (Å²) in [4.78, 5) is 0. The van der Waals surface area contributed by atoms with Gasteiger partial charge in [-0.2, -0.15) is 10.6 Å². The molecule has 2 nitrogen and oxygen atoms in total. The Morgan fingerprint density at radius 3 is 2.43 bits per heavy atom. The van der Waals surface area contributed by atoms with Gasteiger partial charge in [-0.25, -0.2) is 0 Å². The summed E-state index contributed by atoms with van der Waals surface area (Å²) in [5.41, 5.74) is 0. The molecule has 1 rings (SSSR count). The molecule has 0 amide bonds. The summed E-state index contributed by atoms with van der Waals surface area (Å²) in [6, 6.07) is 0.450. The summed E-state index contributed by atoms with van der Waals surface area (Å²) in [6.45, 7) is 0. The fourth-order valence-corrected chi connectivity index (χ4v) is 1.02. The molecule has 0 spiro atoms. The largest absolute Gasteiger partial charge is 0.445 e. The second kappa shape index (κ2) is 1.82. The van der Waals surface area contributed by atoms with Crippen LogP contribution in [-0.4, -0.2) is 12.3 Å². The van der Waals surface area contributed by atoms with E-state index in [-0.39, 0.29) is 0 Å². The molecule has 0 heterocycles. The number of hydrogen-bond donors (Lipinski definition) is 0. The van der Waals surface area contributed by atoms with E-state index < -0.39 is 10.6 Å². The first-order valence-corrected chi connectivity index (χ1v) is 3.85. The maximum absolute atomic E-state index is 10.2. The molecule has 0 saturated heterocycles. The normalized spacial score (nSPS) is 25.3. The minimum atomic E-state index is -0.908. The lowest BCUT2D eigenvalue weighted by molar-refractivity contribution is 0.601. The molecule has 1 fully saturated rings. The van der Waals surface area contributed by atoms with E-state index in [0.29, 0.717) is 6.04 Å². The number of hydrogen-bond acceptors (Lipinski definition) is 3. The first kappa shape index (κ1) is 5.09. The molecule has 0 radical (unpaired) electrons. The summed E-state index contributed by atoms with van der Waals surface area (Å²) < 4.78 is 14.1. The van der Waals surface area contributed by atoms with E-state index in [0.717, 1.165) is 12.8 Å². The molecule has 7 heavy (non-hydrogen) atoms. The van der Waals surface area contributed by atoms with Crippen molar-refractivity contribution < 1.29 is 4.21 Å². The van der Waals surface area contributed by atoms with Gasteiger partial charge in [0.05, 0.1) is 0 Å². The maximum atomic E-state index is 10.2. The van der Waals surface area contributed by atoms with Crippen LogP contribution in [0.15, 0.2) is 4.36 Å². The second-order valence-electron chi connectivity index (χ2n) is 1.76. The Morgan fingerprint density at radius 1 is 1.71 bits per heavy atom. The van der Waals surface area contributed by atoms with E-state index in [1.165, 1.54) is 0 Å². The van der Waals surface area contributed by atoms with E-state index in [4.69, 9.17) is 0 Å². The molecule has 0 N–H and O–H groups in total. The van der Waals surface area contributed by atoms with Crippen molar-refractivity contribution >= 4 is 10.6 Å². The molecular formula is C4H8NOS-. The Kier molecular flexibility index (Phi) is 1.32. The zero-order chi connectivity index (χ0) is 5.28. The summed E-state index contributed by atoms with van der Waals surface area (Å²) in [6.07, 6.45) is 3.91. The molecular weight excluding hydrogens is 110 g/mol. The van der Waals surface area contributed by atoms with Crippen molar-refractivity contribution in [3.05, 3.63) is 0 Å². The molecule has 0 aromatic heterocycles. The smallest absolute Gasteiger partial charge is 0.0238 e. The molecule has 0 aromatic rings. The molecule has 0 aromatic carbocycles. The van der Waals surface area contributed by atoms with Crippen LogP contribution in [0, 0.1) is 0 Å². The third kappa shape index (κ3) is 1.92. The van der Waals surface area contributed by atoms with E-state index >= 15 is 0 Å². The highest BCUT2D eigenvalue weighted by Gasteiger charge is 2.16. The van der Waals surface area contributed by atoms with E-state index in [1.807, 2.05) is 0 Å². The van der Waals surface area contributed by atoms with Crippen molar-refractivity contribution in [2.45, 2.75) is 18.9 Å². The Morgan fingerprint density at radius 2 is 2.29 bits per heavy atom. The van der Waals surface area contributed by atoms with Gasteiger partial charge in [-0.15, -0.1) is 6.26 Å². The minimum Gasteiger partial charge on any atom is -0.445 e. The lowest BCUT2D eigenvalue weighted by Gasteiger charge is -1.88. The number of nitrogens with zero attached hydrogens (tertiary/aromatic N) is 1. The predicted molar refractivity (Wildman–Crippen MR) is 29.4 cm³/mol. The molecule has 1 aliphatic carbocycles. The fourth-order valence-electron chi connectivity index (χ4n) is 0.390. The summed E-state index contributed by atoms with van der Waals surface area (Å²) in [7, 11) is -0.908. The van der Waals surface area contributed by atoms with E-state index in [9.17, 15) is 4.21 Å². The van der Waals surface area contributed by atoms with Crippen molar-refractivity contribution in [1.82, 2.24) is 0 Å². The van der Waals surface area contributed by atoms with Crippen LogP contribution in [-0.2, 0) is 14.8 Å². The third-order valence-corrected chi connectivity index (χ3v) is 1.44. The topological polar surface area (TPSA) is 29.4 Å². The first-order chi connectivity index (χ1) is 3.29. The van der Waals surface area contributed by atoms with Gasteiger partial charge in [0.2, 0.25) is 0 Å². The standard InChI is InChI=1S/C4H8NOS/c1-7(6)5-4-2-3-4/h4H,2-3H2,1H3/q-1. The molecule has 1 aliphatic rings. The average Bonchev–Trinajstić information content (AvgIpc) is 2.17. The Labute approximate surface area is 45.1 Å². The van der Waals surface area contributed by atoms with Crippen LogP contribution in [0.1, 0.15) is 12.8 Å². The Balaban J connectivity index is 2.44. The zero-order valence-corrected chi connectivity index (χ0v) is 5.07. The van der Waals surface area contributed by atoms with Gasteiger partial charge < -0.3 is 8.57 Å². The van der Waals surface area contributed by atoms with E-state index in [1.54, 1.807) is 6.26 Å². The van der Waals surface area contributed by atoms with Crippen molar-refractivity contribution in [3.63, 3.8) is 0 Å². The quantitative estimate of drug-likeness (QED) is 0.471. The lowest BCUT2D eigenvalue weighted by atomic mass is 10.8. The van der Waals surface area contributed by atoms with Gasteiger partial charge in [0.1, 0.15) is 0 Å². The molecule has 0 bridgehead atoms. The lowest BCUT2D eigenvalue weighted by Crippen LogP contribution is -1.72. The molecule has 1 saturated carbocycles. The van der Waals surface area contributed by atoms with Gasteiger partial charge in [0.25, 0.3) is 0 Å². The van der Waals surface area contributed by atoms with Gasteiger partial charge in [-0.05, 0) is 12.8 Å². The average molecular weight is 118 g/mol. The van der Waals surface area contributed by atoms with Crippen molar-refractivity contribution in [2.24, 2.45) is 4.36 Å². The van der Waals surface area contributed by atoms with Crippen LogP contribution in [0.25, 0.3) is 0 Å². The summed E-state index contributed by atoms with van der Waals surface area (Å²) in [5.74, 6) is 0. The predicted octanol–water partition coefficient (Wildman–Crippen LogP) is 0.926. The highest BCUT2D eigenvalue weighted by atomic mass is 32.2. The molecule has 0 aliphatic heterocycles. The Bertz CT molecular complexity index is 133. The number of rotatable bonds is 1. The summed E-state index contributed by atoms with van der Waals surface area (Å²) >= 11 is 0. The van der Waals surface area contributed by atoms with Gasteiger partial charge in [0.15, 0.2) is 0 Å². The van der Waals surface area contributed by atoms with Crippen LogP contribution in [0.4, 0.5) is 0 Å². The maximum Gasteiger partial charge on any atom is 0.0238 e. The first-order valence-electron chi connectivity index (χ1n) is 2.33. The molecule has 0 atom stereocenters. The molecule has 0 unspecified atom stereocenters. The second-order valence-corrected chi connectivity index (χ2v) is 2.82. The highest BCUT2D eigenvalue weighted by Crippen LogP contribution is 2.23. The highest BCUT2D eigenvalue weighted by molar-refractivity contribution is 7.74. The van der Waals surface area contributed by atoms with Crippen molar-refractivity contribution in [1.29, 1.82) is 0 Å². The van der Waals surface area contributed by atoms with Crippen LogP contribution in [0.5, 0.6) is 0 Å². The van der Waals surface area contributed by atoms with Crippen LogP contribution < -0.4 is 0 Å². The fraction of sp³-hybridized carbons (Fsp3) is 1.00. The van der Waals surface area contributed by atoms with Gasteiger partial charge >= 0.3 is 0 Å². The minimum absolute atomic E-state index is 0.450. The SMILES string of the molecule is C[S-](=O)=NC1CC1. The zero-order valence-electron chi connectivity index (χ0n) is 4.26. The van der Waals surface area contributed by atoms with Gasteiger partial charge in [-0.3, -0.25) is 0 Å². The van der Waals surface area contributed by atoms with Crippen LogP contribution in [0.3, 0.4) is 0 Å².